The fourth-order valence-corrected chi connectivity index (χ4v) is 1.13. The molecule has 0 radical (unpaired) electrons. The molecule has 0 N–H and O–H groups in total. The molecule has 0 bridgehead atoms. The van der Waals surface area contributed by atoms with Gasteiger partial charge in [-0.1, -0.05) is 24.2 Å². The van der Waals surface area contributed by atoms with Gasteiger partial charge in [0.15, 0.2) is 0 Å². The van der Waals surface area contributed by atoms with Crippen LogP contribution in [0.2, 0.25) is 5.02 Å². The van der Waals surface area contributed by atoms with Crippen LogP contribution in [0.1, 0.15) is 0 Å². The summed E-state index contributed by atoms with van der Waals surface area (Å²) in [6.45, 7) is 3.41. The van der Waals surface area contributed by atoms with Crippen LogP contribution < -0.4 is 4.90 Å². The number of rotatable bonds is 2. The zero-order valence-electron chi connectivity index (χ0n) is 7.33. The first-order chi connectivity index (χ1) is 6.15. The number of carbonyl (C=O) groups excluding carboxylic acids is 1. The van der Waals surface area contributed by atoms with E-state index in [-0.39, 0.29) is 5.91 Å². The number of amides is 1. The fraction of sp³-hybridized carbons (Fsp3) is 0.100. The molecule has 2 nitrogen and oxygen atoms in total. The molecule has 0 atom stereocenters. The summed E-state index contributed by atoms with van der Waals surface area (Å²) in [4.78, 5) is 12.7. The maximum absolute atomic E-state index is 11.2. The van der Waals surface area contributed by atoms with E-state index in [2.05, 4.69) is 6.58 Å². The zero-order chi connectivity index (χ0) is 9.84. The van der Waals surface area contributed by atoms with Crippen molar-refractivity contribution in [3.05, 3.63) is 41.9 Å². The normalized spacial score (nSPS) is 9.38. The van der Waals surface area contributed by atoms with Crippen molar-refractivity contribution < 1.29 is 4.79 Å². The molecule has 1 aromatic carbocycles. The molecule has 0 aliphatic carbocycles. The lowest BCUT2D eigenvalue weighted by Gasteiger charge is -2.14. The van der Waals surface area contributed by atoms with Crippen molar-refractivity contribution in [2.45, 2.75) is 0 Å². The maximum Gasteiger partial charge on any atom is 0.250 e. The highest BCUT2D eigenvalue weighted by Crippen LogP contribution is 2.18. The van der Waals surface area contributed by atoms with Gasteiger partial charge in [0.1, 0.15) is 0 Å². The Balaban J connectivity index is 2.94. The van der Waals surface area contributed by atoms with Crippen LogP contribution in [0, 0.1) is 0 Å². The van der Waals surface area contributed by atoms with Gasteiger partial charge in [-0.2, -0.15) is 0 Å². The van der Waals surface area contributed by atoms with E-state index in [0.29, 0.717) is 5.02 Å². The molecular formula is C10H10ClNO. The Bertz CT molecular complexity index is 335. The van der Waals surface area contributed by atoms with Crippen molar-refractivity contribution in [2.75, 3.05) is 11.9 Å². The molecule has 0 spiro atoms. The summed E-state index contributed by atoms with van der Waals surface area (Å²) in [5, 5.41) is 0.612. The Morgan fingerprint density at radius 3 is 2.85 bits per heavy atom. The van der Waals surface area contributed by atoms with Crippen LogP contribution >= 0.6 is 11.6 Å². The molecule has 0 aliphatic heterocycles. The van der Waals surface area contributed by atoms with E-state index in [9.17, 15) is 4.79 Å². The van der Waals surface area contributed by atoms with E-state index in [1.165, 1.54) is 11.0 Å². The largest absolute Gasteiger partial charge is 0.312 e. The van der Waals surface area contributed by atoms with Gasteiger partial charge in [0, 0.05) is 17.8 Å². The second kappa shape index (κ2) is 4.10. The van der Waals surface area contributed by atoms with Crippen molar-refractivity contribution in [3.63, 3.8) is 0 Å². The SMILES string of the molecule is C=CC(=O)N(C)c1cccc(Cl)c1. The molecule has 0 saturated carbocycles. The predicted molar refractivity (Wildman–Crippen MR) is 55.1 cm³/mol. The molecule has 1 aromatic rings. The smallest absolute Gasteiger partial charge is 0.250 e. The number of anilines is 1. The number of hydrogen-bond donors (Lipinski definition) is 0. The van der Waals surface area contributed by atoms with Gasteiger partial charge in [0.25, 0.3) is 0 Å². The Labute approximate surface area is 82.4 Å². The molecular weight excluding hydrogens is 186 g/mol. The number of benzene rings is 1. The minimum Gasteiger partial charge on any atom is -0.312 e. The Kier molecular flexibility index (Phi) is 3.09. The Morgan fingerprint density at radius 1 is 1.62 bits per heavy atom. The number of likely N-dealkylation sites (N-methyl/N-ethyl adjacent to an activating group) is 1. The second-order valence-electron chi connectivity index (χ2n) is 2.58. The zero-order valence-corrected chi connectivity index (χ0v) is 8.08. The molecule has 0 saturated heterocycles. The Morgan fingerprint density at radius 2 is 2.31 bits per heavy atom. The van der Waals surface area contributed by atoms with Crippen LogP contribution in [0.4, 0.5) is 5.69 Å². The van der Waals surface area contributed by atoms with Gasteiger partial charge in [-0.05, 0) is 24.3 Å². The molecule has 1 amide bonds. The van der Waals surface area contributed by atoms with E-state index >= 15 is 0 Å². The van der Waals surface area contributed by atoms with Gasteiger partial charge in [-0.15, -0.1) is 0 Å². The summed E-state index contributed by atoms with van der Waals surface area (Å²) in [5.74, 6) is -0.151. The predicted octanol–water partition coefficient (Wildman–Crippen LogP) is 2.49. The van der Waals surface area contributed by atoms with Crippen molar-refractivity contribution in [1.29, 1.82) is 0 Å². The quantitative estimate of drug-likeness (QED) is 0.664. The van der Waals surface area contributed by atoms with Crippen molar-refractivity contribution in [2.24, 2.45) is 0 Å². The third-order valence-corrected chi connectivity index (χ3v) is 1.94. The average Bonchev–Trinajstić information content (AvgIpc) is 2.15. The van der Waals surface area contributed by atoms with Gasteiger partial charge >= 0.3 is 0 Å². The third kappa shape index (κ3) is 2.33. The van der Waals surface area contributed by atoms with Gasteiger partial charge in [0.05, 0.1) is 0 Å². The highest BCUT2D eigenvalue weighted by atomic mass is 35.5. The second-order valence-corrected chi connectivity index (χ2v) is 3.02. The van der Waals surface area contributed by atoms with Gasteiger partial charge in [-0.25, -0.2) is 0 Å². The molecule has 13 heavy (non-hydrogen) atoms. The first-order valence-electron chi connectivity index (χ1n) is 3.81. The van der Waals surface area contributed by atoms with Crippen LogP contribution in [0.3, 0.4) is 0 Å². The molecule has 68 valence electrons. The Hall–Kier alpha value is -1.28. The fourth-order valence-electron chi connectivity index (χ4n) is 0.949. The maximum atomic E-state index is 11.2. The minimum atomic E-state index is -0.151. The average molecular weight is 196 g/mol. The van der Waals surface area contributed by atoms with E-state index in [0.717, 1.165) is 5.69 Å². The summed E-state index contributed by atoms with van der Waals surface area (Å²) in [5.41, 5.74) is 0.761. The molecule has 0 fully saturated rings. The van der Waals surface area contributed by atoms with E-state index in [1.807, 2.05) is 6.07 Å². The van der Waals surface area contributed by atoms with E-state index in [1.54, 1.807) is 25.2 Å². The molecule has 3 heteroatoms. The van der Waals surface area contributed by atoms with Gasteiger partial charge in [-0.3, -0.25) is 4.79 Å². The van der Waals surface area contributed by atoms with Crippen molar-refractivity contribution in [1.82, 2.24) is 0 Å². The molecule has 0 heterocycles. The highest BCUT2D eigenvalue weighted by molar-refractivity contribution is 6.30. The number of nitrogens with zero attached hydrogens (tertiary/aromatic N) is 1. The van der Waals surface area contributed by atoms with Crippen LogP contribution in [-0.4, -0.2) is 13.0 Å². The summed E-state index contributed by atoms with van der Waals surface area (Å²) in [6.07, 6.45) is 1.26. The van der Waals surface area contributed by atoms with Crippen molar-refractivity contribution in [3.8, 4) is 0 Å². The van der Waals surface area contributed by atoms with Crippen LogP contribution in [0.5, 0.6) is 0 Å². The summed E-state index contributed by atoms with van der Waals surface area (Å²) < 4.78 is 0. The first kappa shape index (κ1) is 9.81. The molecule has 1 rings (SSSR count). The lowest BCUT2D eigenvalue weighted by Crippen LogP contribution is -2.23. The van der Waals surface area contributed by atoms with Gasteiger partial charge < -0.3 is 4.90 Å². The number of carbonyl (C=O) groups is 1. The number of halogens is 1. The van der Waals surface area contributed by atoms with Crippen molar-refractivity contribution >= 4 is 23.2 Å². The highest BCUT2D eigenvalue weighted by Gasteiger charge is 2.06. The molecule has 0 aliphatic rings. The van der Waals surface area contributed by atoms with Crippen LogP contribution in [0.15, 0.2) is 36.9 Å². The lowest BCUT2D eigenvalue weighted by atomic mass is 10.3. The molecule has 0 unspecified atom stereocenters. The molecule has 0 aromatic heterocycles. The first-order valence-corrected chi connectivity index (χ1v) is 4.18. The minimum absolute atomic E-state index is 0.151. The summed E-state index contributed by atoms with van der Waals surface area (Å²) in [7, 11) is 1.68. The third-order valence-electron chi connectivity index (χ3n) is 1.70. The van der Waals surface area contributed by atoms with Gasteiger partial charge in [0.2, 0.25) is 5.91 Å². The lowest BCUT2D eigenvalue weighted by molar-refractivity contribution is -0.113. The van der Waals surface area contributed by atoms with Crippen LogP contribution in [-0.2, 0) is 4.79 Å². The number of hydrogen-bond acceptors (Lipinski definition) is 1. The topological polar surface area (TPSA) is 20.3 Å². The monoisotopic (exact) mass is 195 g/mol. The summed E-state index contributed by atoms with van der Waals surface area (Å²) in [6, 6.07) is 7.10. The summed E-state index contributed by atoms with van der Waals surface area (Å²) >= 11 is 5.77. The standard InChI is InChI=1S/C10H10ClNO/c1-3-10(13)12(2)9-6-4-5-8(11)7-9/h3-7H,1H2,2H3. The van der Waals surface area contributed by atoms with E-state index < -0.39 is 0 Å². The van der Waals surface area contributed by atoms with E-state index in [4.69, 9.17) is 11.6 Å². The van der Waals surface area contributed by atoms with Crippen LogP contribution in [0.25, 0.3) is 0 Å².